The molecule has 2 heterocycles. The molecule has 0 spiro atoms. The summed E-state index contributed by atoms with van der Waals surface area (Å²) in [4.78, 5) is 0. The third kappa shape index (κ3) is 3.08. The van der Waals surface area contributed by atoms with Crippen molar-refractivity contribution in [2.75, 3.05) is 19.1 Å². The predicted molar refractivity (Wildman–Crippen MR) is 75.8 cm³/mol. The van der Waals surface area contributed by atoms with Crippen molar-refractivity contribution in [3.63, 3.8) is 0 Å². The van der Waals surface area contributed by atoms with Gasteiger partial charge in [0.1, 0.15) is 4.21 Å². The van der Waals surface area contributed by atoms with Crippen LogP contribution in [0, 0.1) is 0 Å². The minimum Gasteiger partial charge on any atom is -0.381 e. The summed E-state index contributed by atoms with van der Waals surface area (Å²) in [6, 6.07) is 1.72. The Balaban J connectivity index is 2.24. The van der Waals surface area contributed by atoms with Crippen molar-refractivity contribution in [3.05, 3.63) is 15.9 Å². The summed E-state index contributed by atoms with van der Waals surface area (Å²) in [5, 5.41) is 1.73. The minimum absolute atomic E-state index is 0.249. The maximum atomic E-state index is 12.3. The summed E-state index contributed by atoms with van der Waals surface area (Å²) in [7, 11) is -3.54. The quantitative estimate of drug-likeness (QED) is 0.824. The lowest BCUT2D eigenvalue weighted by Gasteiger charge is -2.35. The van der Waals surface area contributed by atoms with E-state index in [9.17, 15) is 8.42 Å². The van der Waals surface area contributed by atoms with Gasteiger partial charge in [0.25, 0.3) is 10.0 Å². The van der Waals surface area contributed by atoms with E-state index >= 15 is 0 Å². The Kier molecular flexibility index (Phi) is 4.72. The minimum atomic E-state index is -3.54. The Morgan fingerprint density at radius 3 is 2.67 bits per heavy atom. The van der Waals surface area contributed by atoms with Crippen LogP contribution in [0.2, 0.25) is 0 Å². The van der Waals surface area contributed by atoms with Gasteiger partial charge in [0.2, 0.25) is 0 Å². The summed E-state index contributed by atoms with van der Waals surface area (Å²) < 4.78 is 33.5. The highest BCUT2D eigenvalue weighted by Crippen LogP contribution is 2.31. The first kappa shape index (κ1) is 14.7. The molecule has 8 heteroatoms. The molecule has 0 atom stereocenters. The fourth-order valence-corrected chi connectivity index (χ4v) is 6.04. The van der Waals surface area contributed by atoms with E-state index in [2.05, 4.69) is 20.7 Å². The van der Waals surface area contributed by atoms with Crippen molar-refractivity contribution in [1.82, 2.24) is 4.72 Å². The molecule has 2 rings (SSSR count). The lowest BCUT2D eigenvalue weighted by molar-refractivity contribution is 0.0549. The molecule has 0 aromatic carbocycles. The van der Waals surface area contributed by atoms with Crippen LogP contribution in [0.5, 0.6) is 0 Å². The Morgan fingerprint density at radius 2 is 2.17 bits per heavy atom. The molecule has 0 bridgehead atoms. The van der Waals surface area contributed by atoms with Crippen LogP contribution >= 0.6 is 38.9 Å². The Morgan fingerprint density at radius 1 is 1.50 bits per heavy atom. The summed E-state index contributed by atoms with van der Waals surface area (Å²) in [6.07, 6.45) is 1.19. The second-order valence-corrected chi connectivity index (χ2v) is 8.10. The number of alkyl halides is 1. The predicted octanol–water partition coefficient (Wildman–Crippen LogP) is 2.58. The van der Waals surface area contributed by atoms with E-state index < -0.39 is 15.6 Å². The van der Waals surface area contributed by atoms with Crippen LogP contribution in [0.25, 0.3) is 0 Å². The highest BCUT2D eigenvalue weighted by Gasteiger charge is 2.37. The number of halogens is 2. The van der Waals surface area contributed by atoms with Gasteiger partial charge in [-0.1, -0.05) is 0 Å². The maximum Gasteiger partial charge on any atom is 0.251 e. The van der Waals surface area contributed by atoms with Crippen LogP contribution in [0.3, 0.4) is 0 Å². The van der Waals surface area contributed by atoms with E-state index in [1.54, 1.807) is 11.4 Å². The van der Waals surface area contributed by atoms with Crippen LogP contribution in [-0.2, 0) is 14.8 Å². The number of ether oxygens (including phenoxy) is 1. The van der Waals surface area contributed by atoms with Crippen LogP contribution in [0.1, 0.15) is 12.8 Å². The molecule has 18 heavy (non-hydrogen) atoms. The normalized spacial score (nSPS) is 19.9. The van der Waals surface area contributed by atoms with Gasteiger partial charge in [-0.25, -0.2) is 13.1 Å². The van der Waals surface area contributed by atoms with Crippen molar-refractivity contribution in [1.29, 1.82) is 0 Å². The van der Waals surface area contributed by atoms with Gasteiger partial charge in [-0.3, -0.25) is 0 Å². The van der Waals surface area contributed by atoms with E-state index in [0.29, 0.717) is 34.7 Å². The zero-order valence-corrected chi connectivity index (χ0v) is 13.5. The average Bonchev–Trinajstić information content (AvgIpc) is 2.77. The van der Waals surface area contributed by atoms with E-state index in [1.165, 1.54) is 11.3 Å². The number of thiophene rings is 1. The van der Waals surface area contributed by atoms with E-state index in [-0.39, 0.29) is 5.88 Å². The molecule has 0 radical (unpaired) electrons. The monoisotopic (exact) mass is 373 g/mol. The number of rotatable bonds is 4. The highest BCUT2D eigenvalue weighted by atomic mass is 79.9. The second kappa shape index (κ2) is 5.76. The van der Waals surface area contributed by atoms with E-state index in [4.69, 9.17) is 16.3 Å². The van der Waals surface area contributed by atoms with Crippen molar-refractivity contribution in [2.45, 2.75) is 22.6 Å². The molecule has 1 aliphatic rings. The van der Waals surface area contributed by atoms with Gasteiger partial charge in [-0.05, 0) is 40.2 Å². The molecular formula is C10H13BrClNO3S2. The number of sulfonamides is 1. The molecule has 1 aromatic rings. The molecule has 0 unspecified atom stereocenters. The third-order valence-electron chi connectivity index (χ3n) is 2.89. The molecule has 4 nitrogen and oxygen atoms in total. The topological polar surface area (TPSA) is 55.4 Å². The van der Waals surface area contributed by atoms with Crippen molar-refractivity contribution in [2.24, 2.45) is 0 Å². The molecule has 1 fully saturated rings. The van der Waals surface area contributed by atoms with Gasteiger partial charge in [0.15, 0.2) is 0 Å². The molecular weight excluding hydrogens is 362 g/mol. The lowest BCUT2D eigenvalue weighted by Crippen LogP contribution is -2.53. The standard InChI is InChI=1S/C10H13BrClNO3S2/c11-8-1-6-17-9(8)18(14,15)13-10(7-12)2-4-16-5-3-10/h1,6,13H,2-5,7H2. The molecule has 0 saturated carbocycles. The fraction of sp³-hybridized carbons (Fsp3) is 0.600. The van der Waals surface area contributed by atoms with E-state index in [1.807, 2.05) is 0 Å². The number of nitrogens with one attached hydrogen (secondary N) is 1. The van der Waals surface area contributed by atoms with Gasteiger partial charge < -0.3 is 4.74 Å². The van der Waals surface area contributed by atoms with Crippen molar-refractivity contribution < 1.29 is 13.2 Å². The molecule has 102 valence electrons. The van der Waals surface area contributed by atoms with Crippen LogP contribution in [0.4, 0.5) is 0 Å². The van der Waals surface area contributed by atoms with Gasteiger partial charge in [0, 0.05) is 23.6 Å². The smallest absolute Gasteiger partial charge is 0.251 e. The van der Waals surface area contributed by atoms with Crippen molar-refractivity contribution >= 4 is 48.9 Å². The first-order valence-electron chi connectivity index (χ1n) is 5.40. The van der Waals surface area contributed by atoms with Gasteiger partial charge in [0.05, 0.1) is 5.54 Å². The summed E-state index contributed by atoms with van der Waals surface area (Å²) >= 11 is 10.4. The first-order valence-corrected chi connectivity index (χ1v) is 9.09. The Hall–Kier alpha value is 0.340. The first-order chi connectivity index (χ1) is 8.49. The Bertz CT molecular complexity index is 511. The molecule has 1 N–H and O–H groups in total. The molecule has 0 amide bonds. The average molecular weight is 375 g/mol. The molecule has 0 aliphatic carbocycles. The van der Waals surface area contributed by atoms with Crippen molar-refractivity contribution in [3.8, 4) is 0 Å². The van der Waals surface area contributed by atoms with Gasteiger partial charge >= 0.3 is 0 Å². The SMILES string of the molecule is O=S(=O)(NC1(CCl)CCOCC1)c1sccc1Br. The maximum absolute atomic E-state index is 12.3. The second-order valence-electron chi connectivity index (χ2n) is 4.19. The van der Waals surface area contributed by atoms with Gasteiger partial charge in [-0.15, -0.1) is 22.9 Å². The summed E-state index contributed by atoms with van der Waals surface area (Å²) in [5.41, 5.74) is -0.595. The third-order valence-corrected chi connectivity index (χ3v) is 7.65. The highest BCUT2D eigenvalue weighted by molar-refractivity contribution is 9.10. The summed E-state index contributed by atoms with van der Waals surface area (Å²) in [6.45, 7) is 1.06. The summed E-state index contributed by atoms with van der Waals surface area (Å²) in [5.74, 6) is 0.249. The van der Waals surface area contributed by atoms with Crippen LogP contribution in [0.15, 0.2) is 20.1 Å². The lowest BCUT2D eigenvalue weighted by atomic mass is 9.94. The molecule has 1 aromatic heterocycles. The Labute approximate surface area is 124 Å². The van der Waals surface area contributed by atoms with Crippen LogP contribution < -0.4 is 4.72 Å². The number of hydrogen-bond donors (Lipinski definition) is 1. The zero-order chi connectivity index (χ0) is 13.2. The fourth-order valence-electron chi connectivity index (χ4n) is 1.83. The zero-order valence-electron chi connectivity index (χ0n) is 9.49. The van der Waals surface area contributed by atoms with Crippen LogP contribution in [-0.4, -0.2) is 33.1 Å². The molecule has 1 aliphatic heterocycles. The number of hydrogen-bond acceptors (Lipinski definition) is 4. The largest absolute Gasteiger partial charge is 0.381 e. The van der Waals surface area contributed by atoms with Gasteiger partial charge in [-0.2, -0.15) is 0 Å². The molecule has 1 saturated heterocycles. The van der Waals surface area contributed by atoms with E-state index in [0.717, 1.165) is 0 Å².